The van der Waals surface area contributed by atoms with Crippen molar-refractivity contribution in [2.24, 2.45) is 0 Å². The summed E-state index contributed by atoms with van der Waals surface area (Å²) in [6.45, 7) is 1.19. The van der Waals surface area contributed by atoms with Crippen molar-refractivity contribution in [3.05, 3.63) is 34.9 Å². The largest absolute Gasteiger partial charge is 0.465 e. The van der Waals surface area contributed by atoms with Gasteiger partial charge in [-0.05, 0) is 24.6 Å². The maximum atomic E-state index is 10.9. The third-order valence-corrected chi connectivity index (χ3v) is 4.23. The van der Waals surface area contributed by atoms with Crippen LogP contribution in [0.25, 0.3) is 10.9 Å². The van der Waals surface area contributed by atoms with Gasteiger partial charge in [-0.2, -0.15) is 0 Å². The van der Waals surface area contributed by atoms with Crippen molar-refractivity contribution in [2.45, 2.75) is 12.5 Å². The first-order valence-corrected chi connectivity index (χ1v) is 6.69. The maximum absolute atomic E-state index is 10.9. The summed E-state index contributed by atoms with van der Waals surface area (Å²) in [6.07, 6.45) is 2.10. The lowest BCUT2D eigenvalue weighted by Gasteiger charge is -2.15. The molecule has 5 heteroatoms. The van der Waals surface area contributed by atoms with Crippen molar-refractivity contribution in [1.82, 2.24) is 9.47 Å². The number of nitrogens with zero attached hydrogens (tertiary/aromatic N) is 2. The van der Waals surface area contributed by atoms with Crippen LogP contribution in [-0.2, 0) is 0 Å². The van der Waals surface area contributed by atoms with Crippen LogP contribution in [-0.4, -0.2) is 33.8 Å². The summed E-state index contributed by atoms with van der Waals surface area (Å²) < 4.78 is 3.26. The van der Waals surface area contributed by atoms with Crippen molar-refractivity contribution in [2.75, 3.05) is 13.1 Å². The van der Waals surface area contributed by atoms with Gasteiger partial charge in [0.05, 0.1) is 6.04 Å². The SMILES string of the molecule is O=C(O)N1CC[C@@H](n2ccc3c(Br)cccc32)C1. The second-order valence-electron chi connectivity index (χ2n) is 4.57. The molecule has 1 N–H and O–H groups in total. The quantitative estimate of drug-likeness (QED) is 0.878. The number of hydrogen-bond donors (Lipinski definition) is 1. The smallest absolute Gasteiger partial charge is 0.407 e. The van der Waals surface area contributed by atoms with Gasteiger partial charge in [-0.3, -0.25) is 0 Å². The van der Waals surface area contributed by atoms with Gasteiger partial charge in [-0.25, -0.2) is 4.79 Å². The van der Waals surface area contributed by atoms with Gasteiger partial charge in [0.1, 0.15) is 0 Å². The highest BCUT2D eigenvalue weighted by Crippen LogP contribution is 2.30. The molecule has 0 aliphatic carbocycles. The first-order valence-electron chi connectivity index (χ1n) is 5.90. The van der Waals surface area contributed by atoms with Gasteiger partial charge in [0, 0.05) is 34.7 Å². The van der Waals surface area contributed by atoms with Gasteiger partial charge in [0.15, 0.2) is 0 Å². The van der Waals surface area contributed by atoms with Crippen molar-refractivity contribution >= 4 is 32.9 Å². The Morgan fingerprint density at radius 1 is 1.39 bits per heavy atom. The summed E-state index contributed by atoms with van der Waals surface area (Å²) in [7, 11) is 0. The monoisotopic (exact) mass is 308 g/mol. The molecule has 94 valence electrons. The molecule has 1 aromatic carbocycles. The fraction of sp³-hybridized carbons (Fsp3) is 0.308. The maximum Gasteiger partial charge on any atom is 0.407 e. The molecule has 0 bridgehead atoms. The summed E-state index contributed by atoms with van der Waals surface area (Å²) in [4.78, 5) is 12.4. The van der Waals surface area contributed by atoms with Crippen LogP contribution in [0.1, 0.15) is 12.5 Å². The molecule has 1 atom stereocenters. The number of likely N-dealkylation sites (tertiary alicyclic amines) is 1. The first-order chi connectivity index (χ1) is 8.66. The number of aromatic nitrogens is 1. The minimum Gasteiger partial charge on any atom is -0.465 e. The van der Waals surface area contributed by atoms with Gasteiger partial charge in [-0.1, -0.05) is 22.0 Å². The predicted octanol–water partition coefficient (Wildman–Crippen LogP) is 3.33. The Balaban J connectivity index is 1.96. The number of hydrogen-bond acceptors (Lipinski definition) is 1. The fourth-order valence-corrected chi connectivity index (χ4v) is 3.10. The molecule has 0 radical (unpaired) electrons. The van der Waals surface area contributed by atoms with E-state index in [0.717, 1.165) is 16.4 Å². The normalized spacial score (nSPS) is 19.6. The van der Waals surface area contributed by atoms with Crippen LogP contribution in [0.4, 0.5) is 4.79 Å². The summed E-state index contributed by atoms with van der Waals surface area (Å²) in [5.41, 5.74) is 1.15. The third-order valence-electron chi connectivity index (χ3n) is 3.54. The average Bonchev–Trinajstić information content (AvgIpc) is 2.94. The Morgan fingerprint density at radius 2 is 2.22 bits per heavy atom. The highest BCUT2D eigenvalue weighted by Gasteiger charge is 2.27. The molecule has 18 heavy (non-hydrogen) atoms. The molecule has 3 rings (SSSR count). The van der Waals surface area contributed by atoms with Crippen molar-refractivity contribution in [1.29, 1.82) is 0 Å². The zero-order chi connectivity index (χ0) is 12.7. The zero-order valence-corrected chi connectivity index (χ0v) is 11.3. The van der Waals surface area contributed by atoms with Crippen LogP contribution in [0.3, 0.4) is 0 Å². The summed E-state index contributed by atoms with van der Waals surface area (Å²) in [5.74, 6) is 0. The molecule has 1 aliphatic rings. The number of amides is 1. The van der Waals surface area contributed by atoms with Crippen molar-refractivity contribution < 1.29 is 9.90 Å². The molecule has 1 aromatic heterocycles. The Hall–Kier alpha value is -1.49. The van der Waals surface area contributed by atoms with E-state index in [1.807, 2.05) is 18.3 Å². The Kier molecular flexibility index (Phi) is 2.78. The minimum absolute atomic E-state index is 0.243. The van der Waals surface area contributed by atoms with E-state index in [1.54, 1.807) is 0 Å². The van der Waals surface area contributed by atoms with E-state index in [1.165, 1.54) is 10.3 Å². The third kappa shape index (κ3) is 1.79. The minimum atomic E-state index is -0.824. The zero-order valence-electron chi connectivity index (χ0n) is 9.71. The molecule has 4 nitrogen and oxygen atoms in total. The number of halogens is 1. The van der Waals surface area contributed by atoms with Gasteiger partial charge >= 0.3 is 6.09 Å². The second kappa shape index (κ2) is 4.31. The van der Waals surface area contributed by atoms with Crippen molar-refractivity contribution in [3.63, 3.8) is 0 Å². The Bertz CT molecular complexity index is 608. The fourth-order valence-electron chi connectivity index (χ4n) is 2.61. The predicted molar refractivity (Wildman–Crippen MR) is 72.9 cm³/mol. The van der Waals surface area contributed by atoms with Crippen LogP contribution in [0.15, 0.2) is 34.9 Å². The van der Waals surface area contributed by atoms with Gasteiger partial charge in [-0.15, -0.1) is 0 Å². The van der Waals surface area contributed by atoms with E-state index in [9.17, 15) is 4.79 Å². The molecule has 2 heterocycles. The molecule has 1 fully saturated rings. The van der Waals surface area contributed by atoms with Gasteiger partial charge in [0.2, 0.25) is 0 Å². The van der Waals surface area contributed by atoms with Crippen LogP contribution < -0.4 is 0 Å². The number of rotatable bonds is 1. The van der Waals surface area contributed by atoms with Gasteiger partial charge < -0.3 is 14.6 Å². The lowest BCUT2D eigenvalue weighted by molar-refractivity contribution is 0.154. The van der Waals surface area contributed by atoms with E-state index < -0.39 is 6.09 Å². The molecule has 0 unspecified atom stereocenters. The number of benzene rings is 1. The summed E-state index contributed by atoms with van der Waals surface area (Å²) in [6, 6.07) is 8.41. The average molecular weight is 309 g/mol. The van der Waals surface area contributed by atoms with E-state index in [-0.39, 0.29) is 6.04 Å². The molecule has 2 aromatic rings. The van der Waals surface area contributed by atoms with E-state index >= 15 is 0 Å². The molecule has 0 saturated carbocycles. The second-order valence-corrected chi connectivity index (χ2v) is 5.42. The topological polar surface area (TPSA) is 45.5 Å². The number of fused-ring (bicyclic) bond motifs is 1. The van der Waals surface area contributed by atoms with Crippen LogP contribution in [0, 0.1) is 0 Å². The summed E-state index contributed by atoms with van der Waals surface area (Å²) in [5, 5.41) is 10.2. The number of carboxylic acid groups (broad SMARTS) is 1. The molecule has 1 saturated heterocycles. The van der Waals surface area contributed by atoms with Crippen molar-refractivity contribution in [3.8, 4) is 0 Å². The highest BCUT2D eigenvalue weighted by molar-refractivity contribution is 9.10. The molecule has 1 aliphatic heterocycles. The van der Waals surface area contributed by atoms with Crippen LogP contribution >= 0.6 is 15.9 Å². The van der Waals surface area contributed by atoms with E-state index in [4.69, 9.17) is 5.11 Å². The molecule has 1 amide bonds. The number of carbonyl (C=O) groups is 1. The van der Waals surface area contributed by atoms with Crippen LogP contribution in [0.5, 0.6) is 0 Å². The van der Waals surface area contributed by atoms with E-state index in [0.29, 0.717) is 13.1 Å². The van der Waals surface area contributed by atoms with Gasteiger partial charge in [0.25, 0.3) is 0 Å². The lowest BCUT2D eigenvalue weighted by Crippen LogP contribution is -2.27. The Morgan fingerprint density at radius 3 is 2.94 bits per heavy atom. The Labute approximate surface area is 113 Å². The molecular weight excluding hydrogens is 296 g/mol. The molecular formula is C13H13BrN2O2. The van der Waals surface area contributed by atoms with Crippen LogP contribution in [0.2, 0.25) is 0 Å². The summed E-state index contributed by atoms with van der Waals surface area (Å²) >= 11 is 3.54. The van der Waals surface area contributed by atoms with E-state index in [2.05, 4.69) is 32.6 Å². The standard InChI is InChI=1S/C13H13BrN2O2/c14-11-2-1-3-12-10(11)5-7-16(12)9-4-6-15(8-9)13(17)18/h1-3,5,7,9H,4,6,8H2,(H,17,18)/t9-/m1/s1. The first kappa shape index (κ1) is 11.6. The lowest BCUT2D eigenvalue weighted by atomic mass is 10.2. The highest BCUT2D eigenvalue weighted by atomic mass is 79.9. The molecule has 0 spiro atoms.